The van der Waals surface area contributed by atoms with Gasteiger partial charge in [-0.05, 0) is 34.3 Å². The van der Waals surface area contributed by atoms with Crippen LogP contribution in [0.3, 0.4) is 0 Å². The molecule has 104 valence electrons. The Morgan fingerprint density at radius 1 is 1.58 bits per heavy atom. The van der Waals surface area contributed by atoms with Gasteiger partial charge in [-0.3, -0.25) is 10.1 Å². The van der Waals surface area contributed by atoms with Crippen molar-refractivity contribution < 1.29 is 9.31 Å². The second-order valence-electron chi connectivity index (χ2n) is 4.89. The summed E-state index contributed by atoms with van der Waals surface area (Å²) in [4.78, 5) is 12.4. The first-order valence-corrected chi connectivity index (χ1v) is 6.83. The number of hydrogen-bond acceptors (Lipinski definition) is 4. The molecule has 0 aliphatic carbocycles. The second kappa shape index (κ2) is 5.42. The topological polar surface area (TPSA) is 72.4 Å². The standard InChI is InChI=1S/C12H15BrFN3O2/c1-7-6-16(3-2-10(7)15)11-4-8(13)9(14)5-12(11)17(18)19/h4-5,7,10H,2-3,6,15H2,1H3. The van der Waals surface area contributed by atoms with Crippen LogP contribution in [0, 0.1) is 21.8 Å². The minimum absolute atomic E-state index is 0.110. The predicted octanol–water partition coefficient (Wildman–Crippen LogP) is 2.67. The van der Waals surface area contributed by atoms with Gasteiger partial charge in [-0.2, -0.15) is 0 Å². The van der Waals surface area contributed by atoms with Crippen LogP contribution in [0.15, 0.2) is 16.6 Å². The summed E-state index contributed by atoms with van der Waals surface area (Å²) in [5.74, 6) is -0.380. The van der Waals surface area contributed by atoms with Gasteiger partial charge < -0.3 is 10.6 Å². The number of nitro benzene ring substituents is 1. The van der Waals surface area contributed by atoms with Crippen molar-refractivity contribution >= 4 is 27.3 Å². The van der Waals surface area contributed by atoms with E-state index >= 15 is 0 Å². The Morgan fingerprint density at radius 3 is 2.84 bits per heavy atom. The zero-order chi connectivity index (χ0) is 14.2. The number of anilines is 1. The Balaban J connectivity index is 2.38. The van der Waals surface area contributed by atoms with Crippen molar-refractivity contribution in [2.45, 2.75) is 19.4 Å². The number of nitrogens with zero attached hydrogens (tertiary/aromatic N) is 2. The van der Waals surface area contributed by atoms with Crippen LogP contribution in [0.2, 0.25) is 0 Å². The molecule has 0 amide bonds. The van der Waals surface area contributed by atoms with Crippen molar-refractivity contribution in [1.29, 1.82) is 0 Å². The van der Waals surface area contributed by atoms with Gasteiger partial charge in [-0.1, -0.05) is 6.92 Å². The summed E-state index contributed by atoms with van der Waals surface area (Å²) in [7, 11) is 0. The highest BCUT2D eigenvalue weighted by Crippen LogP contribution is 2.35. The van der Waals surface area contributed by atoms with Gasteiger partial charge in [0.15, 0.2) is 0 Å². The molecule has 0 radical (unpaired) electrons. The fraction of sp³-hybridized carbons (Fsp3) is 0.500. The molecule has 0 spiro atoms. The molecule has 2 rings (SSSR count). The number of rotatable bonds is 2. The summed E-state index contributed by atoms with van der Waals surface area (Å²) in [5.41, 5.74) is 6.18. The van der Waals surface area contributed by atoms with Crippen molar-refractivity contribution in [2.24, 2.45) is 11.7 Å². The number of nitrogens with two attached hydrogens (primary N) is 1. The highest BCUT2D eigenvalue weighted by Gasteiger charge is 2.28. The van der Waals surface area contributed by atoms with E-state index in [-0.39, 0.29) is 22.1 Å². The molecule has 2 N–H and O–H groups in total. The van der Waals surface area contributed by atoms with E-state index < -0.39 is 10.7 Å². The maximum atomic E-state index is 13.4. The molecule has 1 aliphatic heterocycles. The van der Waals surface area contributed by atoms with Crippen molar-refractivity contribution in [3.8, 4) is 0 Å². The predicted molar refractivity (Wildman–Crippen MR) is 74.7 cm³/mol. The molecule has 7 heteroatoms. The minimum Gasteiger partial charge on any atom is -0.366 e. The Labute approximate surface area is 118 Å². The first-order valence-electron chi connectivity index (χ1n) is 6.04. The molecule has 1 saturated heterocycles. The zero-order valence-corrected chi connectivity index (χ0v) is 12.1. The van der Waals surface area contributed by atoms with Gasteiger partial charge in [-0.25, -0.2) is 4.39 Å². The van der Waals surface area contributed by atoms with Gasteiger partial charge in [0.05, 0.1) is 15.5 Å². The maximum Gasteiger partial charge on any atom is 0.295 e. The van der Waals surface area contributed by atoms with E-state index in [0.29, 0.717) is 18.8 Å². The van der Waals surface area contributed by atoms with E-state index in [4.69, 9.17) is 5.73 Å². The summed E-state index contributed by atoms with van der Waals surface area (Å²) in [6.07, 6.45) is 0.771. The van der Waals surface area contributed by atoms with E-state index in [1.54, 1.807) is 0 Å². The Bertz CT molecular complexity index is 512. The molecule has 19 heavy (non-hydrogen) atoms. The van der Waals surface area contributed by atoms with Crippen LogP contribution in [-0.2, 0) is 0 Å². The molecule has 1 fully saturated rings. The van der Waals surface area contributed by atoms with Gasteiger partial charge in [0, 0.05) is 19.1 Å². The van der Waals surface area contributed by atoms with Gasteiger partial charge in [0.2, 0.25) is 0 Å². The van der Waals surface area contributed by atoms with Crippen LogP contribution < -0.4 is 10.6 Å². The number of nitro groups is 1. The normalized spacial score (nSPS) is 23.5. The van der Waals surface area contributed by atoms with E-state index in [0.717, 1.165) is 12.5 Å². The van der Waals surface area contributed by atoms with Crippen LogP contribution in [0.5, 0.6) is 0 Å². The molecule has 5 nitrogen and oxygen atoms in total. The number of hydrogen-bond donors (Lipinski definition) is 1. The van der Waals surface area contributed by atoms with Crippen LogP contribution in [0.4, 0.5) is 15.8 Å². The molecule has 0 aromatic heterocycles. The van der Waals surface area contributed by atoms with E-state index in [9.17, 15) is 14.5 Å². The molecule has 0 saturated carbocycles. The maximum absolute atomic E-state index is 13.4. The summed E-state index contributed by atoms with van der Waals surface area (Å²) >= 11 is 3.07. The fourth-order valence-corrected chi connectivity index (χ4v) is 2.64. The summed E-state index contributed by atoms with van der Waals surface area (Å²) in [5, 5.41) is 11.0. The van der Waals surface area contributed by atoms with E-state index in [1.165, 1.54) is 6.07 Å². The van der Waals surface area contributed by atoms with Crippen molar-refractivity contribution in [3.63, 3.8) is 0 Å². The molecule has 2 unspecified atom stereocenters. The third-order valence-corrected chi connectivity index (χ3v) is 4.13. The quantitative estimate of drug-likeness (QED) is 0.668. The van der Waals surface area contributed by atoms with Crippen LogP contribution in [-0.4, -0.2) is 24.1 Å². The smallest absolute Gasteiger partial charge is 0.295 e. The number of halogens is 2. The van der Waals surface area contributed by atoms with Crippen LogP contribution >= 0.6 is 15.9 Å². The highest BCUT2D eigenvalue weighted by molar-refractivity contribution is 9.10. The molecule has 2 atom stereocenters. The fourth-order valence-electron chi connectivity index (χ4n) is 2.31. The SMILES string of the molecule is CC1CN(c2cc(Br)c(F)cc2[N+](=O)[O-])CCC1N. The van der Waals surface area contributed by atoms with Gasteiger partial charge in [0.1, 0.15) is 11.5 Å². The highest BCUT2D eigenvalue weighted by atomic mass is 79.9. The number of benzene rings is 1. The van der Waals surface area contributed by atoms with Crippen LogP contribution in [0.25, 0.3) is 0 Å². The van der Waals surface area contributed by atoms with Gasteiger partial charge in [0.25, 0.3) is 5.69 Å². The van der Waals surface area contributed by atoms with Gasteiger partial charge >= 0.3 is 0 Å². The third kappa shape index (κ3) is 2.87. The second-order valence-corrected chi connectivity index (χ2v) is 5.74. The Hall–Kier alpha value is -1.21. The van der Waals surface area contributed by atoms with E-state index in [2.05, 4.69) is 15.9 Å². The van der Waals surface area contributed by atoms with Crippen molar-refractivity contribution in [2.75, 3.05) is 18.0 Å². The molecular weight excluding hydrogens is 317 g/mol. The Kier molecular flexibility index (Phi) is 4.05. The molecule has 1 aromatic rings. The molecule has 1 aromatic carbocycles. The first kappa shape index (κ1) is 14.2. The summed E-state index contributed by atoms with van der Waals surface area (Å²) in [6.45, 7) is 3.30. The lowest BCUT2D eigenvalue weighted by atomic mass is 9.94. The summed E-state index contributed by atoms with van der Waals surface area (Å²) < 4.78 is 13.7. The molecule has 1 aliphatic rings. The molecule has 1 heterocycles. The van der Waals surface area contributed by atoms with E-state index in [1.807, 2.05) is 11.8 Å². The monoisotopic (exact) mass is 331 g/mol. The Morgan fingerprint density at radius 2 is 2.26 bits per heavy atom. The summed E-state index contributed by atoms with van der Waals surface area (Å²) in [6, 6.07) is 2.54. The van der Waals surface area contributed by atoms with Crippen molar-refractivity contribution in [3.05, 3.63) is 32.5 Å². The number of piperidine rings is 1. The average Bonchev–Trinajstić information content (AvgIpc) is 2.35. The average molecular weight is 332 g/mol. The largest absolute Gasteiger partial charge is 0.366 e. The first-order chi connectivity index (χ1) is 8.90. The third-order valence-electron chi connectivity index (χ3n) is 3.53. The van der Waals surface area contributed by atoms with Gasteiger partial charge in [-0.15, -0.1) is 0 Å². The zero-order valence-electron chi connectivity index (χ0n) is 10.5. The van der Waals surface area contributed by atoms with Crippen LogP contribution in [0.1, 0.15) is 13.3 Å². The lowest BCUT2D eigenvalue weighted by Gasteiger charge is -2.36. The minimum atomic E-state index is -0.628. The lowest BCUT2D eigenvalue weighted by Crippen LogP contribution is -2.46. The lowest BCUT2D eigenvalue weighted by molar-refractivity contribution is -0.384. The molecule has 0 bridgehead atoms. The molecular formula is C12H15BrFN3O2. The van der Waals surface area contributed by atoms with Crippen molar-refractivity contribution in [1.82, 2.24) is 0 Å².